The highest BCUT2D eigenvalue weighted by atomic mass is 32.1. The van der Waals surface area contributed by atoms with Crippen molar-refractivity contribution in [2.45, 2.75) is 95.2 Å². The van der Waals surface area contributed by atoms with Gasteiger partial charge in [-0.3, -0.25) is 14.6 Å². The van der Waals surface area contributed by atoms with E-state index in [-0.39, 0.29) is 104 Å². The highest BCUT2D eigenvalue weighted by Gasteiger charge is 2.44. The monoisotopic (exact) mass is 1200 g/mol. The van der Waals surface area contributed by atoms with E-state index in [9.17, 15) is 33.8 Å². The smallest absolute Gasteiger partial charge is 0.417 e. The summed E-state index contributed by atoms with van der Waals surface area (Å²) >= 11 is 0.739. The maximum atomic E-state index is 16.0. The highest BCUT2D eigenvalue weighted by Crippen LogP contribution is 2.52. The van der Waals surface area contributed by atoms with Gasteiger partial charge >= 0.3 is 12.2 Å². The summed E-state index contributed by atoms with van der Waals surface area (Å²) in [5, 5.41) is 46.4. The number of fused-ring (bicyclic) bond motifs is 4. The standard InChI is InChI=1S/C60H58F6N12O7S/c1-29(2)52(58(82)77-24-37(80)17-47(77)57(81)71-46(26-79)33-9-11-34(12-10-33)48-43(62)20-69-21-44(48)63)78-25-45(74-75-78)32-7-5-31(6-8-32)28-84-53-50(38-15-16-42(61)54-49(38)40(19-67)55(68)86-54)41(60(64,65)66)18-39-51(53)72-59(85-27-30(3)83-4)73-56(39)76-22-35-13-14-36(23-76)70-35/h5-12,15-16,18,20-21,25,29-30,35-37,46-47,52,70,79-80H,13-14,17,22-24,26-28,68H2,1-4H3,(H,71,81)/t30-,35?,36?,37+,46-,47-,52-/m0/s1. The average molecular weight is 1210 g/mol. The number of nitrogens with one attached hydrogen (secondary N) is 2. The molecule has 0 radical (unpaired) electrons. The number of carbonyl (C=O) groups excluding carboxylic acids is 2. The van der Waals surface area contributed by atoms with Gasteiger partial charge in [-0.05, 0) is 60.1 Å². The van der Waals surface area contributed by atoms with Crippen LogP contribution >= 0.6 is 11.3 Å². The number of rotatable bonds is 18. The van der Waals surface area contributed by atoms with Gasteiger partial charge in [-0.15, -0.1) is 16.4 Å². The summed E-state index contributed by atoms with van der Waals surface area (Å²) in [6.45, 7) is 5.09. The third-order valence-electron chi connectivity index (χ3n) is 15.9. The number of aromatic nitrogens is 6. The molecule has 2 amide bonds. The van der Waals surface area contributed by atoms with E-state index in [1.54, 1.807) is 51.2 Å². The molecule has 11 rings (SSSR count). The van der Waals surface area contributed by atoms with Crippen molar-refractivity contribution in [1.29, 1.82) is 5.26 Å². The summed E-state index contributed by atoms with van der Waals surface area (Å²) in [7, 11) is 1.50. The quantitative estimate of drug-likeness (QED) is 0.0504. The minimum Gasteiger partial charge on any atom is -0.486 e. The van der Waals surface area contributed by atoms with Crippen LogP contribution in [0.1, 0.15) is 74.4 Å². The van der Waals surface area contributed by atoms with E-state index < -0.39 is 89.4 Å². The summed E-state index contributed by atoms with van der Waals surface area (Å²) in [4.78, 5) is 44.7. The molecule has 26 heteroatoms. The molecule has 8 aromatic rings. The Hall–Kier alpha value is -8.48. The van der Waals surface area contributed by atoms with Gasteiger partial charge in [-0.2, -0.15) is 28.4 Å². The third-order valence-corrected chi connectivity index (χ3v) is 16.9. The van der Waals surface area contributed by atoms with Gasteiger partial charge in [-0.25, -0.2) is 17.9 Å². The number of ether oxygens (including phenoxy) is 3. The van der Waals surface area contributed by atoms with Crippen LogP contribution in [0, 0.1) is 34.7 Å². The van der Waals surface area contributed by atoms with Gasteiger partial charge in [0, 0.05) is 67.1 Å². The number of halogens is 6. The third kappa shape index (κ3) is 11.6. The van der Waals surface area contributed by atoms with Crippen LogP contribution in [0.15, 0.2) is 85.3 Å². The number of piperazine rings is 1. The van der Waals surface area contributed by atoms with Crippen molar-refractivity contribution in [2.75, 3.05) is 50.6 Å². The molecule has 2 unspecified atom stereocenters. The fourth-order valence-corrected chi connectivity index (χ4v) is 12.5. The highest BCUT2D eigenvalue weighted by molar-refractivity contribution is 7.23. The molecule has 7 heterocycles. The molecular weight excluding hydrogens is 1150 g/mol. The van der Waals surface area contributed by atoms with E-state index in [0.717, 1.165) is 48.7 Å². The van der Waals surface area contributed by atoms with Crippen molar-refractivity contribution in [3.63, 3.8) is 0 Å². The Morgan fingerprint density at radius 1 is 0.930 bits per heavy atom. The minimum absolute atomic E-state index is 0.00996. The molecular formula is C60H58F6N12O7S. The van der Waals surface area contributed by atoms with Gasteiger partial charge in [0.2, 0.25) is 11.8 Å². The maximum Gasteiger partial charge on any atom is 0.417 e. The second-order valence-electron chi connectivity index (χ2n) is 22.0. The van der Waals surface area contributed by atoms with E-state index >= 15 is 17.6 Å². The Balaban J connectivity index is 0.890. The number of hydrogen-bond acceptors (Lipinski definition) is 17. The van der Waals surface area contributed by atoms with Crippen molar-refractivity contribution in [3.8, 4) is 51.3 Å². The first-order valence-electron chi connectivity index (χ1n) is 27.7. The SMILES string of the molecule is CO[C@@H](C)COc1nc(N2CC3CCC(C2)N3)c2cc(C(F)(F)F)c(-c3ccc(F)c4sc(N)c(C#N)c34)c(OCc3ccc(-c4cn([C@H](C(=O)N5C[C@H](O)C[C@H]5C(=O)N[C@@H](CO)c5ccc(-c6c(F)cncc6F)cc5)C(C)C)nn4)cc3)c2n1. The maximum absolute atomic E-state index is 16.0. The average Bonchev–Trinajstić information content (AvgIpc) is 2.08. The lowest BCUT2D eigenvalue weighted by molar-refractivity contribution is -0.142. The number of amides is 2. The Labute approximate surface area is 492 Å². The summed E-state index contributed by atoms with van der Waals surface area (Å²) < 4.78 is 112. The number of nitrogen functional groups attached to an aromatic ring is 1. The molecule has 86 heavy (non-hydrogen) atoms. The molecule has 3 fully saturated rings. The van der Waals surface area contributed by atoms with Gasteiger partial charge < -0.3 is 50.6 Å². The number of β-amino-alcohol motifs (C(OH)–C–C–N with tert-alkyl or cyclic N) is 1. The number of nitrogens with two attached hydrogens (primary N) is 1. The van der Waals surface area contributed by atoms with E-state index in [1.807, 2.05) is 11.0 Å². The zero-order valence-corrected chi connectivity index (χ0v) is 47.6. The Morgan fingerprint density at radius 2 is 1.63 bits per heavy atom. The summed E-state index contributed by atoms with van der Waals surface area (Å²) in [5.74, 6) is -4.30. The summed E-state index contributed by atoms with van der Waals surface area (Å²) in [6.07, 6.45) is -1.61. The van der Waals surface area contributed by atoms with E-state index in [0.29, 0.717) is 35.5 Å². The number of nitrogens with zero attached hydrogens (tertiary/aromatic N) is 9. The molecule has 4 aromatic heterocycles. The van der Waals surface area contributed by atoms with Crippen LogP contribution in [0.3, 0.4) is 0 Å². The lowest BCUT2D eigenvalue weighted by Gasteiger charge is -2.34. The van der Waals surface area contributed by atoms with Gasteiger partial charge in [0.15, 0.2) is 17.4 Å². The molecule has 3 aliphatic heterocycles. The van der Waals surface area contributed by atoms with Crippen LogP contribution in [0.4, 0.5) is 37.2 Å². The fourth-order valence-electron chi connectivity index (χ4n) is 11.6. The molecule has 0 saturated carbocycles. The Bertz CT molecular complexity index is 3890. The number of alkyl halides is 3. The summed E-state index contributed by atoms with van der Waals surface area (Å²) in [6, 6.07) is 14.5. The molecule has 4 aromatic carbocycles. The number of likely N-dealkylation sites (tertiary alicyclic amines) is 1. The second kappa shape index (κ2) is 24.1. The normalized spacial score (nSPS) is 18.8. The first-order chi connectivity index (χ1) is 41.2. The molecule has 0 spiro atoms. The number of aliphatic hydroxyl groups excluding tert-OH is 2. The molecule has 6 N–H and O–H groups in total. The van der Waals surface area contributed by atoms with Crippen LogP contribution in [0.25, 0.3) is 54.5 Å². The predicted octanol–water partition coefficient (Wildman–Crippen LogP) is 8.66. The van der Waals surface area contributed by atoms with Gasteiger partial charge in [0.1, 0.15) is 59.2 Å². The molecule has 7 atom stereocenters. The van der Waals surface area contributed by atoms with Crippen molar-refractivity contribution in [3.05, 3.63) is 125 Å². The predicted molar refractivity (Wildman–Crippen MR) is 306 cm³/mol. The summed E-state index contributed by atoms with van der Waals surface area (Å²) in [5.41, 5.74) is 5.79. The largest absolute Gasteiger partial charge is 0.486 e. The van der Waals surface area contributed by atoms with E-state index in [4.69, 9.17) is 29.9 Å². The number of thiophene rings is 1. The molecule has 2 bridgehead atoms. The molecule has 3 saturated heterocycles. The number of hydrogen-bond donors (Lipinski definition) is 5. The molecule has 3 aliphatic rings. The lowest BCUT2D eigenvalue weighted by Crippen LogP contribution is -2.51. The second-order valence-corrected chi connectivity index (χ2v) is 23.1. The zero-order chi connectivity index (χ0) is 60.9. The van der Waals surface area contributed by atoms with Crippen LogP contribution in [0.5, 0.6) is 11.8 Å². The van der Waals surface area contributed by atoms with Gasteiger partial charge in [-0.1, -0.05) is 73.7 Å². The van der Waals surface area contributed by atoms with Crippen LogP contribution in [-0.2, 0) is 27.1 Å². The van der Waals surface area contributed by atoms with Crippen molar-refractivity contribution in [1.82, 2.24) is 45.5 Å². The number of methoxy groups -OCH3 is 1. The van der Waals surface area contributed by atoms with Crippen molar-refractivity contribution < 1.29 is 60.4 Å². The van der Waals surface area contributed by atoms with Crippen molar-refractivity contribution >= 4 is 55.0 Å². The Morgan fingerprint density at radius 3 is 2.28 bits per heavy atom. The van der Waals surface area contributed by atoms with Crippen LogP contribution in [0.2, 0.25) is 0 Å². The van der Waals surface area contributed by atoms with Crippen LogP contribution in [-0.4, -0.2) is 127 Å². The molecule has 19 nitrogen and oxygen atoms in total. The number of benzene rings is 4. The van der Waals surface area contributed by atoms with Crippen LogP contribution < -0.4 is 30.7 Å². The van der Waals surface area contributed by atoms with E-state index in [1.165, 1.54) is 47.0 Å². The number of carbonyl (C=O) groups is 2. The number of aliphatic hydroxyl groups is 2. The van der Waals surface area contributed by atoms with Crippen molar-refractivity contribution in [2.24, 2.45) is 5.92 Å². The number of pyridine rings is 1. The minimum atomic E-state index is -5.06. The van der Waals surface area contributed by atoms with Gasteiger partial charge in [0.05, 0.1) is 64.8 Å². The first-order valence-corrected chi connectivity index (χ1v) is 28.5. The molecule has 448 valence electrons. The number of nitriles is 1. The van der Waals surface area contributed by atoms with E-state index in [2.05, 4.69) is 25.9 Å². The Kier molecular flexibility index (Phi) is 16.6. The number of anilines is 2. The first kappa shape index (κ1) is 59.3. The zero-order valence-electron chi connectivity index (χ0n) is 46.8. The topological polar surface area (TPSA) is 252 Å². The molecule has 0 aliphatic carbocycles. The fraction of sp³-hybridized carbons (Fsp3) is 0.367. The lowest BCUT2D eigenvalue weighted by atomic mass is 9.92. The van der Waals surface area contributed by atoms with Gasteiger partial charge in [0.25, 0.3) is 0 Å².